The number of hydrogen-bond donors (Lipinski definition) is 3. The molecule has 0 spiro atoms. The molecule has 24 heavy (non-hydrogen) atoms. The molecule has 3 N–H and O–H groups in total. The van der Waals surface area contributed by atoms with Gasteiger partial charge in [0.1, 0.15) is 5.82 Å². The maximum atomic E-state index is 12.2. The van der Waals surface area contributed by atoms with Gasteiger partial charge in [-0.1, -0.05) is 0 Å². The van der Waals surface area contributed by atoms with Gasteiger partial charge >= 0.3 is 0 Å². The van der Waals surface area contributed by atoms with Gasteiger partial charge in [0.2, 0.25) is 0 Å². The van der Waals surface area contributed by atoms with Crippen LogP contribution in [0.25, 0.3) is 11.0 Å². The van der Waals surface area contributed by atoms with Gasteiger partial charge in [-0.25, -0.2) is 4.98 Å². The molecule has 8 heteroatoms. The number of amides is 1. The number of nitrogens with zero attached hydrogens (tertiary/aromatic N) is 2. The number of nitrogens with one attached hydrogen (secondary N) is 3. The molecule has 0 saturated heterocycles. The molecule has 2 aromatic rings. The van der Waals surface area contributed by atoms with Crippen LogP contribution >= 0.6 is 12.2 Å². The Hall–Kier alpha value is -2.19. The lowest BCUT2D eigenvalue weighted by Gasteiger charge is -2.16. The Bertz CT molecular complexity index is 743. The van der Waals surface area contributed by atoms with E-state index in [4.69, 9.17) is 17.0 Å². The highest BCUT2D eigenvalue weighted by Crippen LogP contribution is 2.17. The number of rotatable bonds is 5. The number of methoxy groups -OCH3 is 1. The predicted octanol–water partition coefficient (Wildman–Crippen LogP) is 1.51. The van der Waals surface area contributed by atoms with E-state index in [-0.39, 0.29) is 11.9 Å². The lowest BCUT2D eigenvalue weighted by Crippen LogP contribution is -2.49. The number of aromatic nitrogens is 2. The summed E-state index contributed by atoms with van der Waals surface area (Å²) in [4.78, 5) is 16.7. The molecule has 1 aromatic carbocycles. The van der Waals surface area contributed by atoms with Gasteiger partial charge < -0.3 is 14.6 Å². The van der Waals surface area contributed by atoms with Crippen LogP contribution in [-0.2, 0) is 11.3 Å². The Balaban J connectivity index is 2.00. The number of carbonyl (C=O) groups excluding carboxylic acids is 1. The van der Waals surface area contributed by atoms with Gasteiger partial charge in [-0.3, -0.25) is 15.6 Å². The minimum absolute atomic E-state index is 0.0456. The lowest BCUT2D eigenvalue weighted by molar-refractivity contribution is 0.0943. The van der Waals surface area contributed by atoms with E-state index in [2.05, 4.69) is 32.6 Å². The van der Waals surface area contributed by atoms with E-state index in [9.17, 15) is 4.79 Å². The standard InChI is InChI=1S/C16H23N5O2S/c1-5-21-11(3)18-13-8-12(6-7-14(13)21)15(22)19-20-16(24)17-10(2)9-23-4/h6-8,10H,5,9H2,1-4H3,(H,19,22)(H2,17,20,24). The van der Waals surface area contributed by atoms with Gasteiger partial charge in [-0.15, -0.1) is 0 Å². The summed E-state index contributed by atoms with van der Waals surface area (Å²) < 4.78 is 7.12. The zero-order chi connectivity index (χ0) is 17.7. The fraction of sp³-hybridized carbons (Fsp3) is 0.438. The highest BCUT2D eigenvalue weighted by molar-refractivity contribution is 7.80. The molecule has 7 nitrogen and oxygen atoms in total. The Kier molecular flexibility index (Phi) is 6.10. The van der Waals surface area contributed by atoms with Crippen molar-refractivity contribution in [3.8, 4) is 0 Å². The van der Waals surface area contributed by atoms with E-state index in [1.54, 1.807) is 19.2 Å². The molecule has 130 valence electrons. The van der Waals surface area contributed by atoms with E-state index in [0.717, 1.165) is 23.4 Å². The minimum atomic E-state index is -0.274. The number of aryl methyl sites for hydroxylation is 2. The average Bonchev–Trinajstić information content (AvgIpc) is 2.86. The summed E-state index contributed by atoms with van der Waals surface area (Å²) in [6.07, 6.45) is 0. The highest BCUT2D eigenvalue weighted by atomic mass is 32.1. The molecule has 1 heterocycles. The molecule has 0 radical (unpaired) electrons. The molecular formula is C16H23N5O2S. The second-order valence-electron chi connectivity index (χ2n) is 5.52. The number of ether oxygens (including phenoxy) is 1. The van der Waals surface area contributed by atoms with Crippen molar-refractivity contribution in [2.45, 2.75) is 33.4 Å². The van der Waals surface area contributed by atoms with Crippen LogP contribution in [0, 0.1) is 6.92 Å². The second-order valence-corrected chi connectivity index (χ2v) is 5.92. The van der Waals surface area contributed by atoms with Crippen molar-refractivity contribution in [2.75, 3.05) is 13.7 Å². The number of carbonyl (C=O) groups is 1. The van der Waals surface area contributed by atoms with Crippen LogP contribution in [0.5, 0.6) is 0 Å². The third-order valence-corrected chi connectivity index (χ3v) is 3.82. The molecule has 2 rings (SSSR count). The summed E-state index contributed by atoms with van der Waals surface area (Å²) in [5.74, 6) is 0.657. The van der Waals surface area contributed by atoms with Crippen LogP contribution in [-0.4, -0.2) is 40.3 Å². The fourth-order valence-electron chi connectivity index (χ4n) is 2.53. The Labute approximate surface area is 146 Å². The Morgan fingerprint density at radius 3 is 2.83 bits per heavy atom. The van der Waals surface area contributed by atoms with E-state index >= 15 is 0 Å². The summed E-state index contributed by atoms with van der Waals surface area (Å²) in [5, 5.41) is 3.33. The van der Waals surface area contributed by atoms with Crippen molar-refractivity contribution < 1.29 is 9.53 Å². The minimum Gasteiger partial charge on any atom is -0.383 e. The molecule has 1 atom stereocenters. The largest absolute Gasteiger partial charge is 0.383 e. The monoisotopic (exact) mass is 349 g/mol. The van der Waals surface area contributed by atoms with Crippen LogP contribution < -0.4 is 16.2 Å². The normalized spacial score (nSPS) is 12.0. The lowest BCUT2D eigenvalue weighted by atomic mass is 10.2. The molecule has 1 amide bonds. The molecule has 0 fully saturated rings. The number of hydrogen-bond acceptors (Lipinski definition) is 4. The Morgan fingerprint density at radius 1 is 1.42 bits per heavy atom. The van der Waals surface area contributed by atoms with Crippen molar-refractivity contribution in [1.82, 2.24) is 25.7 Å². The van der Waals surface area contributed by atoms with Crippen LogP contribution in [0.1, 0.15) is 30.0 Å². The topological polar surface area (TPSA) is 80.2 Å². The third-order valence-electron chi connectivity index (χ3n) is 3.60. The highest BCUT2D eigenvalue weighted by Gasteiger charge is 2.11. The second kappa shape index (κ2) is 8.07. The van der Waals surface area contributed by atoms with Crippen LogP contribution in [0.2, 0.25) is 0 Å². The SMILES string of the molecule is CCn1c(C)nc2cc(C(=O)NNC(=S)NC(C)COC)ccc21. The Morgan fingerprint density at radius 2 is 2.17 bits per heavy atom. The van der Waals surface area contributed by atoms with Gasteiger partial charge in [-0.2, -0.15) is 0 Å². The molecule has 0 aliphatic carbocycles. The van der Waals surface area contributed by atoms with Gasteiger partial charge in [0.25, 0.3) is 5.91 Å². The van der Waals surface area contributed by atoms with Crippen molar-refractivity contribution >= 4 is 34.3 Å². The van der Waals surface area contributed by atoms with Crippen molar-refractivity contribution in [3.05, 3.63) is 29.6 Å². The summed E-state index contributed by atoms with van der Waals surface area (Å²) in [6, 6.07) is 5.50. The maximum absolute atomic E-state index is 12.2. The van der Waals surface area contributed by atoms with Gasteiger partial charge in [0.05, 0.1) is 17.6 Å². The fourth-order valence-corrected chi connectivity index (χ4v) is 2.78. The first-order valence-electron chi connectivity index (χ1n) is 7.79. The number of fused-ring (bicyclic) bond motifs is 1. The summed E-state index contributed by atoms with van der Waals surface area (Å²) >= 11 is 5.12. The number of hydrazine groups is 1. The van der Waals surface area contributed by atoms with E-state index in [1.165, 1.54) is 0 Å². The molecule has 1 unspecified atom stereocenters. The quantitative estimate of drug-likeness (QED) is 0.561. The third kappa shape index (κ3) is 4.21. The van der Waals surface area contributed by atoms with Gasteiger partial charge in [-0.05, 0) is 51.2 Å². The molecule has 0 bridgehead atoms. The van der Waals surface area contributed by atoms with Crippen molar-refractivity contribution in [1.29, 1.82) is 0 Å². The van der Waals surface area contributed by atoms with E-state index in [0.29, 0.717) is 17.3 Å². The maximum Gasteiger partial charge on any atom is 0.269 e. The number of imidazole rings is 1. The van der Waals surface area contributed by atoms with Crippen LogP contribution in [0.4, 0.5) is 0 Å². The predicted molar refractivity (Wildman–Crippen MR) is 97.8 cm³/mol. The van der Waals surface area contributed by atoms with Crippen LogP contribution in [0.15, 0.2) is 18.2 Å². The van der Waals surface area contributed by atoms with E-state index < -0.39 is 0 Å². The van der Waals surface area contributed by atoms with Crippen molar-refractivity contribution in [2.24, 2.45) is 0 Å². The smallest absolute Gasteiger partial charge is 0.269 e. The number of benzene rings is 1. The van der Waals surface area contributed by atoms with Crippen molar-refractivity contribution in [3.63, 3.8) is 0 Å². The summed E-state index contributed by atoms with van der Waals surface area (Å²) in [7, 11) is 1.62. The zero-order valence-electron chi connectivity index (χ0n) is 14.3. The number of thiocarbonyl (C=S) groups is 1. The van der Waals surface area contributed by atoms with E-state index in [1.807, 2.05) is 19.9 Å². The first-order chi connectivity index (χ1) is 11.5. The summed E-state index contributed by atoms with van der Waals surface area (Å²) in [6.45, 7) is 7.31. The zero-order valence-corrected chi connectivity index (χ0v) is 15.2. The average molecular weight is 349 g/mol. The van der Waals surface area contributed by atoms with Gasteiger partial charge in [0, 0.05) is 25.3 Å². The molecule has 0 saturated carbocycles. The van der Waals surface area contributed by atoms with Crippen LogP contribution in [0.3, 0.4) is 0 Å². The van der Waals surface area contributed by atoms with Gasteiger partial charge in [0.15, 0.2) is 5.11 Å². The molecular weight excluding hydrogens is 326 g/mol. The molecule has 1 aromatic heterocycles. The first-order valence-corrected chi connectivity index (χ1v) is 8.19. The first kappa shape index (κ1) is 18.2. The summed E-state index contributed by atoms with van der Waals surface area (Å²) in [5.41, 5.74) is 7.60. The molecule has 0 aliphatic rings. The molecule has 0 aliphatic heterocycles.